The molecule has 3 heteroatoms. The summed E-state index contributed by atoms with van der Waals surface area (Å²) in [5, 5.41) is 2.98. The fourth-order valence-corrected chi connectivity index (χ4v) is 2.76. The number of hydrogen-bond donors (Lipinski definition) is 1. The van der Waals surface area contributed by atoms with Crippen molar-refractivity contribution in [2.24, 2.45) is 0 Å². The molecule has 3 nitrogen and oxygen atoms in total. The summed E-state index contributed by atoms with van der Waals surface area (Å²) in [4.78, 5) is 14.3. The van der Waals surface area contributed by atoms with Crippen molar-refractivity contribution >= 4 is 17.3 Å². The van der Waals surface area contributed by atoms with Gasteiger partial charge in [-0.1, -0.05) is 6.07 Å². The molecule has 0 aliphatic heterocycles. The molecule has 0 saturated carbocycles. The molecule has 0 aromatic heterocycles. The maximum atomic E-state index is 12.3. The van der Waals surface area contributed by atoms with Gasteiger partial charge in [0.1, 0.15) is 0 Å². The smallest absolute Gasteiger partial charge is 0.255 e. The van der Waals surface area contributed by atoms with Crippen LogP contribution in [0.15, 0.2) is 42.5 Å². The van der Waals surface area contributed by atoms with Gasteiger partial charge in [-0.15, -0.1) is 0 Å². The fraction of sp³-hybridized carbons (Fsp3) is 0.278. The number of fused-ring (bicyclic) bond motifs is 1. The van der Waals surface area contributed by atoms with Crippen LogP contribution in [-0.4, -0.2) is 20.0 Å². The monoisotopic (exact) mass is 280 g/mol. The molecule has 0 bridgehead atoms. The maximum Gasteiger partial charge on any atom is 0.255 e. The third-order valence-corrected chi connectivity index (χ3v) is 4.00. The van der Waals surface area contributed by atoms with Crippen molar-refractivity contribution in [2.75, 3.05) is 24.3 Å². The first kappa shape index (κ1) is 13.7. The summed E-state index contributed by atoms with van der Waals surface area (Å²) in [5.41, 5.74) is 5.45. The van der Waals surface area contributed by atoms with Crippen molar-refractivity contribution in [3.8, 4) is 0 Å². The third kappa shape index (κ3) is 2.92. The Bertz CT molecular complexity index is 659. The van der Waals surface area contributed by atoms with Crippen LogP contribution in [0.25, 0.3) is 0 Å². The van der Waals surface area contributed by atoms with E-state index in [1.165, 1.54) is 17.5 Å². The van der Waals surface area contributed by atoms with E-state index in [4.69, 9.17) is 0 Å². The van der Waals surface area contributed by atoms with Crippen LogP contribution in [0.4, 0.5) is 11.4 Å². The zero-order valence-corrected chi connectivity index (χ0v) is 12.5. The van der Waals surface area contributed by atoms with Gasteiger partial charge in [0.2, 0.25) is 0 Å². The molecule has 2 aromatic rings. The lowest BCUT2D eigenvalue weighted by atomic mass is 10.1. The summed E-state index contributed by atoms with van der Waals surface area (Å²) in [5.74, 6) is -0.0572. The highest BCUT2D eigenvalue weighted by Gasteiger charge is 2.12. The Hall–Kier alpha value is -2.29. The first-order valence-corrected chi connectivity index (χ1v) is 7.34. The van der Waals surface area contributed by atoms with E-state index in [0.29, 0.717) is 5.56 Å². The van der Waals surface area contributed by atoms with Gasteiger partial charge < -0.3 is 10.2 Å². The number of carbonyl (C=O) groups is 1. The minimum atomic E-state index is -0.0572. The standard InChI is InChI=1S/C18H20N2O/c1-20(2)17-10-7-14(8-11-17)18(21)19-16-9-6-13-4-3-5-15(13)12-16/h6-12H,3-5H2,1-2H3,(H,19,21). The van der Waals surface area contributed by atoms with Gasteiger partial charge in [-0.25, -0.2) is 0 Å². The Balaban J connectivity index is 1.74. The molecule has 0 fully saturated rings. The Morgan fingerprint density at radius 2 is 1.71 bits per heavy atom. The molecule has 0 saturated heterocycles. The van der Waals surface area contributed by atoms with Crippen LogP contribution in [0.5, 0.6) is 0 Å². The van der Waals surface area contributed by atoms with Gasteiger partial charge in [0, 0.05) is 31.0 Å². The fourth-order valence-electron chi connectivity index (χ4n) is 2.76. The van der Waals surface area contributed by atoms with Crippen molar-refractivity contribution in [3.05, 3.63) is 59.2 Å². The first-order chi connectivity index (χ1) is 10.1. The van der Waals surface area contributed by atoms with Crippen LogP contribution in [0.3, 0.4) is 0 Å². The van der Waals surface area contributed by atoms with E-state index >= 15 is 0 Å². The number of nitrogens with one attached hydrogen (secondary N) is 1. The molecule has 0 heterocycles. The van der Waals surface area contributed by atoms with E-state index in [1.807, 2.05) is 49.3 Å². The largest absolute Gasteiger partial charge is 0.378 e. The normalized spacial score (nSPS) is 12.9. The van der Waals surface area contributed by atoms with Gasteiger partial charge in [0.05, 0.1) is 0 Å². The summed E-state index contributed by atoms with van der Waals surface area (Å²) in [7, 11) is 3.97. The molecule has 1 N–H and O–H groups in total. The molecule has 2 aromatic carbocycles. The summed E-state index contributed by atoms with van der Waals surface area (Å²) in [6.07, 6.45) is 3.50. The number of nitrogens with zero attached hydrogens (tertiary/aromatic N) is 1. The predicted molar refractivity (Wildman–Crippen MR) is 87.2 cm³/mol. The average molecular weight is 280 g/mol. The first-order valence-electron chi connectivity index (χ1n) is 7.34. The summed E-state index contributed by atoms with van der Waals surface area (Å²) in [6.45, 7) is 0. The van der Waals surface area contributed by atoms with Crippen molar-refractivity contribution < 1.29 is 4.79 Å². The molecule has 108 valence electrons. The minimum absolute atomic E-state index is 0.0572. The molecule has 0 unspecified atom stereocenters. The van der Waals surface area contributed by atoms with Crippen LogP contribution in [-0.2, 0) is 12.8 Å². The molecule has 21 heavy (non-hydrogen) atoms. The Morgan fingerprint density at radius 3 is 2.43 bits per heavy atom. The molecule has 3 rings (SSSR count). The zero-order chi connectivity index (χ0) is 14.8. The van der Waals surface area contributed by atoms with Crippen LogP contribution in [0.1, 0.15) is 27.9 Å². The van der Waals surface area contributed by atoms with Gasteiger partial charge in [0.15, 0.2) is 0 Å². The van der Waals surface area contributed by atoms with Crippen LogP contribution in [0.2, 0.25) is 0 Å². The van der Waals surface area contributed by atoms with Crippen molar-refractivity contribution in [2.45, 2.75) is 19.3 Å². The lowest BCUT2D eigenvalue weighted by molar-refractivity contribution is 0.102. The Morgan fingerprint density at radius 1 is 1.00 bits per heavy atom. The number of benzene rings is 2. The second-order valence-electron chi connectivity index (χ2n) is 5.73. The highest BCUT2D eigenvalue weighted by molar-refractivity contribution is 6.04. The highest BCUT2D eigenvalue weighted by Crippen LogP contribution is 2.25. The number of anilines is 2. The minimum Gasteiger partial charge on any atom is -0.378 e. The van der Waals surface area contributed by atoms with Gasteiger partial charge in [-0.05, 0) is 66.8 Å². The third-order valence-electron chi connectivity index (χ3n) is 4.00. The SMILES string of the molecule is CN(C)c1ccc(C(=O)Nc2ccc3c(c2)CCC3)cc1. The summed E-state index contributed by atoms with van der Waals surface area (Å²) < 4.78 is 0. The number of amides is 1. The Labute approximate surface area is 125 Å². The van der Waals surface area contributed by atoms with Crippen LogP contribution >= 0.6 is 0 Å². The number of aryl methyl sites for hydroxylation is 2. The lowest BCUT2D eigenvalue weighted by Crippen LogP contribution is -2.13. The quantitative estimate of drug-likeness (QED) is 0.933. The second kappa shape index (κ2) is 5.60. The molecule has 0 radical (unpaired) electrons. The molecule has 0 spiro atoms. The number of carbonyl (C=O) groups excluding carboxylic acids is 1. The highest BCUT2D eigenvalue weighted by atomic mass is 16.1. The topological polar surface area (TPSA) is 32.3 Å². The number of hydrogen-bond acceptors (Lipinski definition) is 2. The van der Waals surface area contributed by atoms with Gasteiger partial charge in [-0.2, -0.15) is 0 Å². The maximum absolute atomic E-state index is 12.3. The second-order valence-corrected chi connectivity index (χ2v) is 5.73. The van der Waals surface area contributed by atoms with E-state index in [0.717, 1.165) is 24.2 Å². The predicted octanol–water partition coefficient (Wildman–Crippen LogP) is 3.49. The van der Waals surface area contributed by atoms with Gasteiger partial charge in [0.25, 0.3) is 5.91 Å². The number of rotatable bonds is 3. The molecular weight excluding hydrogens is 260 g/mol. The summed E-state index contributed by atoms with van der Waals surface area (Å²) in [6, 6.07) is 13.9. The van der Waals surface area contributed by atoms with Crippen molar-refractivity contribution in [1.29, 1.82) is 0 Å². The molecule has 1 aliphatic carbocycles. The molecular formula is C18H20N2O. The lowest BCUT2D eigenvalue weighted by Gasteiger charge is -2.13. The van der Waals surface area contributed by atoms with E-state index < -0.39 is 0 Å². The van der Waals surface area contributed by atoms with Gasteiger partial charge >= 0.3 is 0 Å². The van der Waals surface area contributed by atoms with Crippen molar-refractivity contribution in [1.82, 2.24) is 0 Å². The van der Waals surface area contributed by atoms with Crippen molar-refractivity contribution in [3.63, 3.8) is 0 Å². The van der Waals surface area contributed by atoms with Crippen LogP contribution in [0, 0.1) is 0 Å². The summed E-state index contributed by atoms with van der Waals surface area (Å²) >= 11 is 0. The van der Waals surface area contributed by atoms with E-state index in [2.05, 4.69) is 17.4 Å². The van der Waals surface area contributed by atoms with Crippen LogP contribution < -0.4 is 10.2 Å². The average Bonchev–Trinajstić information content (AvgIpc) is 2.95. The Kier molecular flexibility index (Phi) is 3.65. The zero-order valence-electron chi connectivity index (χ0n) is 12.5. The molecule has 1 aliphatic rings. The van der Waals surface area contributed by atoms with E-state index in [1.54, 1.807) is 0 Å². The molecule has 1 amide bonds. The van der Waals surface area contributed by atoms with Gasteiger partial charge in [-0.3, -0.25) is 4.79 Å². The molecule has 0 atom stereocenters. The van der Waals surface area contributed by atoms with E-state index in [9.17, 15) is 4.79 Å². The van der Waals surface area contributed by atoms with E-state index in [-0.39, 0.29) is 5.91 Å².